The van der Waals surface area contributed by atoms with Crippen molar-refractivity contribution in [2.45, 2.75) is 24.5 Å². The molecule has 14 heteroatoms. The van der Waals surface area contributed by atoms with Crippen molar-refractivity contribution in [1.82, 2.24) is 4.98 Å². The standard InChI is InChI=1S/C17H15F6N5O2S/c1-28-6-2-3-10-7-12(13(8-14(10)28)27-31(29,30)17(21,22)23)25-26-15-5-4-11(9-24-15)16(18,19)20/h4-5,7-9,27H,2-3,6H2,1H3/b26-25+. The molecule has 0 radical (unpaired) electrons. The summed E-state index contributed by atoms with van der Waals surface area (Å²) in [6, 6.07) is 4.24. The Labute approximate surface area is 172 Å². The normalized spacial score (nSPS) is 15.3. The number of fused-ring (bicyclic) bond motifs is 1. The minimum atomic E-state index is -5.73. The average Bonchev–Trinajstić information content (AvgIpc) is 2.65. The third kappa shape index (κ3) is 5.06. The van der Waals surface area contributed by atoms with Crippen LogP contribution >= 0.6 is 0 Å². The zero-order chi connectivity index (χ0) is 23.0. The topological polar surface area (TPSA) is 87.0 Å². The minimum absolute atomic E-state index is 0.233. The van der Waals surface area contributed by atoms with Crippen LogP contribution in [-0.2, 0) is 22.6 Å². The number of aryl methyl sites for hydroxylation is 1. The fourth-order valence-electron chi connectivity index (χ4n) is 2.89. The molecule has 0 spiro atoms. The van der Waals surface area contributed by atoms with Gasteiger partial charge in [-0.25, -0.2) is 4.98 Å². The van der Waals surface area contributed by atoms with Crippen LogP contribution in [0.2, 0.25) is 0 Å². The summed E-state index contributed by atoms with van der Waals surface area (Å²) in [6.45, 7) is 0.620. The molecule has 1 aliphatic rings. The molecule has 1 aromatic carbocycles. The predicted octanol–water partition coefficient (Wildman–Crippen LogP) is 5.16. The fourth-order valence-corrected chi connectivity index (χ4v) is 3.46. The predicted molar refractivity (Wildman–Crippen MR) is 100 cm³/mol. The number of halogens is 6. The second-order valence-electron chi connectivity index (χ2n) is 6.68. The second kappa shape index (κ2) is 7.98. The Morgan fingerprint density at radius 3 is 2.39 bits per heavy atom. The van der Waals surface area contributed by atoms with Crippen molar-refractivity contribution in [3.8, 4) is 0 Å². The largest absolute Gasteiger partial charge is 0.516 e. The highest BCUT2D eigenvalue weighted by Gasteiger charge is 2.46. The van der Waals surface area contributed by atoms with Crippen molar-refractivity contribution in [3.05, 3.63) is 41.6 Å². The summed E-state index contributed by atoms with van der Waals surface area (Å²) >= 11 is 0. The number of aromatic nitrogens is 1. The van der Waals surface area contributed by atoms with Gasteiger partial charge in [-0.05, 0) is 42.7 Å². The summed E-state index contributed by atoms with van der Waals surface area (Å²) in [5.41, 5.74) is -6.04. The van der Waals surface area contributed by atoms with Gasteiger partial charge >= 0.3 is 21.7 Å². The summed E-state index contributed by atoms with van der Waals surface area (Å²) in [6.07, 6.45) is -2.74. The number of benzene rings is 1. The zero-order valence-corrected chi connectivity index (χ0v) is 16.6. The lowest BCUT2D eigenvalue weighted by Gasteiger charge is -2.28. The van der Waals surface area contributed by atoms with Crippen LogP contribution in [0.1, 0.15) is 17.5 Å². The molecule has 1 aromatic heterocycles. The van der Waals surface area contributed by atoms with Gasteiger partial charge < -0.3 is 4.90 Å². The second-order valence-corrected chi connectivity index (χ2v) is 8.35. The van der Waals surface area contributed by atoms with Gasteiger partial charge in [0.1, 0.15) is 5.69 Å². The van der Waals surface area contributed by atoms with Gasteiger partial charge in [0.15, 0.2) is 5.82 Å². The lowest BCUT2D eigenvalue weighted by atomic mass is 10.0. The molecule has 7 nitrogen and oxygen atoms in total. The quantitative estimate of drug-likeness (QED) is 0.497. The van der Waals surface area contributed by atoms with Crippen LogP contribution < -0.4 is 9.62 Å². The molecule has 2 aromatic rings. The van der Waals surface area contributed by atoms with Crippen molar-refractivity contribution in [2.24, 2.45) is 10.2 Å². The molecular weight excluding hydrogens is 452 g/mol. The van der Waals surface area contributed by atoms with Crippen molar-refractivity contribution < 1.29 is 34.8 Å². The third-order valence-electron chi connectivity index (χ3n) is 4.43. The first-order chi connectivity index (χ1) is 14.3. The van der Waals surface area contributed by atoms with Gasteiger partial charge in [-0.15, -0.1) is 10.2 Å². The van der Waals surface area contributed by atoms with E-state index in [1.807, 2.05) is 0 Å². The van der Waals surface area contributed by atoms with Crippen LogP contribution in [0.3, 0.4) is 0 Å². The number of anilines is 2. The summed E-state index contributed by atoms with van der Waals surface area (Å²) < 4.78 is 101. The van der Waals surface area contributed by atoms with Gasteiger partial charge in [0.2, 0.25) is 0 Å². The summed E-state index contributed by atoms with van der Waals surface area (Å²) in [5, 5.41) is 7.37. The van der Waals surface area contributed by atoms with Gasteiger partial charge in [0.05, 0.1) is 11.3 Å². The van der Waals surface area contributed by atoms with Crippen molar-refractivity contribution >= 4 is 32.9 Å². The molecule has 1 N–H and O–H groups in total. The van der Waals surface area contributed by atoms with Gasteiger partial charge in [-0.1, -0.05) is 0 Å². The fraction of sp³-hybridized carbons (Fsp3) is 0.353. The monoisotopic (exact) mass is 467 g/mol. The Hall–Kier alpha value is -2.90. The molecule has 0 fully saturated rings. The molecule has 1 aliphatic heterocycles. The number of nitrogens with zero attached hydrogens (tertiary/aromatic N) is 4. The number of hydrogen-bond acceptors (Lipinski definition) is 6. The molecule has 0 atom stereocenters. The van der Waals surface area contributed by atoms with E-state index in [0.717, 1.165) is 18.6 Å². The average molecular weight is 467 g/mol. The highest BCUT2D eigenvalue weighted by atomic mass is 32.2. The van der Waals surface area contributed by atoms with Crippen LogP contribution in [0.15, 0.2) is 40.7 Å². The molecule has 31 heavy (non-hydrogen) atoms. The highest BCUT2D eigenvalue weighted by molar-refractivity contribution is 7.93. The maximum absolute atomic E-state index is 12.8. The van der Waals surface area contributed by atoms with E-state index in [0.29, 0.717) is 30.4 Å². The van der Waals surface area contributed by atoms with Crippen LogP contribution in [0.5, 0.6) is 0 Å². The van der Waals surface area contributed by atoms with Gasteiger partial charge in [0.25, 0.3) is 0 Å². The Bertz CT molecular complexity index is 1100. The molecule has 0 bridgehead atoms. The molecule has 0 aliphatic carbocycles. The molecule has 2 heterocycles. The van der Waals surface area contributed by atoms with Gasteiger partial charge in [0, 0.05) is 25.5 Å². The lowest BCUT2D eigenvalue weighted by Crippen LogP contribution is -2.30. The molecular formula is C17H15F6N5O2S. The van der Waals surface area contributed by atoms with E-state index in [1.165, 1.54) is 16.9 Å². The molecule has 0 saturated carbocycles. The first kappa shape index (κ1) is 22.8. The molecule has 3 rings (SSSR count). The van der Waals surface area contributed by atoms with E-state index < -0.39 is 33.0 Å². The van der Waals surface area contributed by atoms with Crippen LogP contribution in [-0.4, -0.2) is 32.5 Å². The van der Waals surface area contributed by atoms with Crippen LogP contribution in [0.4, 0.5) is 49.2 Å². The SMILES string of the molecule is CN1CCCc2cc(/N=N/c3ccc(C(F)(F)F)cn3)c(NS(=O)(=O)C(F)(F)F)cc21. The Morgan fingerprint density at radius 2 is 1.81 bits per heavy atom. The highest BCUT2D eigenvalue weighted by Crippen LogP contribution is 2.39. The number of hydrogen-bond donors (Lipinski definition) is 1. The third-order valence-corrected chi connectivity index (χ3v) is 5.53. The number of rotatable bonds is 4. The number of nitrogens with one attached hydrogen (secondary N) is 1. The zero-order valence-electron chi connectivity index (χ0n) is 15.8. The smallest absolute Gasteiger partial charge is 0.374 e. The van der Waals surface area contributed by atoms with E-state index in [9.17, 15) is 34.8 Å². The number of pyridine rings is 1. The Balaban J connectivity index is 2.01. The summed E-state index contributed by atoms with van der Waals surface area (Å²) in [5.74, 6) is -0.243. The van der Waals surface area contributed by atoms with E-state index in [-0.39, 0.29) is 11.5 Å². The van der Waals surface area contributed by atoms with Crippen LogP contribution in [0, 0.1) is 0 Å². The van der Waals surface area contributed by atoms with E-state index >= 15 is 0 Å². The molecule has 0 amide bonds. The van der Waals surface area contributed by atoms with Crippen LogP contribution in [0.25, 0.3) is 0 Å². The summed E-state index contributed by atoms with van der Waals surface area (Å²) in [7, 11) is -4.03. The van der Waals surface area contributed by atoms with E-state index in [1.54, 1.807) is 11.9 Å². The molecule has 168 valence electrons. The van der Waals surface area contributed by atoms with Crippen molar-refractivity contribution in [1.29, 1.82) is 0 Å². The first-order valence-corrected chi connectivity index (χ1v) is 10.2. The van der Waals surface area contributed by atoms with Crippen molar-refractivity contribution in [2.75, 3.05) is 23.2 Å². The summed E-state index contributed by atoms with van der Waals surface area (Å²) in [4.78, 5) is 5.25. The Kier molecular flexibility index (Phi) is 5.86. The van der Waals surface area contributed by atoms with Crippen molar-refractivity contribution in [3.63, 3.8) is 0 Å². The minimum Gasteiger partial charge on any atom is -0.374 e. The number of sulfonamides is 1. The van der Waals surface area contributed by atoms with E-state index in [4.69, 9.17) is 0 Å². The molecule has 0 saturated heterocycles. The Morgan fingerprint density at radius 1 is 1.10 bits per heavy atom. The van der Waals surface area contributed by atoms with Gasteiger partial charge in [-0.3, -0.25) is 4.72 Å². The maximum Gasteiger partial charge on any atom is 0.516 e. The lowest BCUT2D eigenvalue weighted by molar-refractivity contribution is -0.137. The molecule has 0 unspecified atom stereocenters. The van der Waals surface area contributed by atoms with Gasteiger partial charge in [-0.2, -0.15) is 34.8 Å². The van der Waals surface area contributed by atoms with E-state index in [2.05, 4.69) is 15.2 Å². The number of azo groups is 1. The number of alkyl halides is 6. The maximum atomic E-state index is 12.8. The first-order valence-electron chi connectivity index (χ1n) is 8.70.